The molecule has 0 radical (unpaired) electrons. The van der Waals surface area contributed by atoms with Gasteiger partial charge in [0.1, 0.15) is 5.82 Å². The van der Waals surface area contributed by atoms with E-state index in [4.69, 9.17) is 5.11 Å². The lowest BCUT2D eigenvalue weighted by Crippen LogP contribution is -2.46. The van der Waals surface area contributed by atoms with Crippen LogP contribution in [-0.2, 0) is 11.2 Å². The molecule has 134 valence electrons. The Morgan fingerprint density at radius 1 is 1.33 bits per heavy atom. The molecule has 3 rings (SSSR count). The molecular formula is C18H26ClFN2O2. The van der Waals surface area contributed by atoms with Crippen LogP contribution in [0.1, 0.15) is 42.9 Å². The van der Waals surface area contributed by atoms with Crippen molar-refractivity contribution in [3.63, 3.8) is 0 Å². The normalized spacial score (nSPS) is 22.0. The van der Waals surface area contributed by atoms with E-state index in [0.717, 1.165) is 50.8 Å². The highest BCUT2D eigenvalue weighted by atomic mass is 35.5. The smallest absolute Gasteiger partial charge is 0.317 e. The molecule has 2 aliphatic rings. The molecule has 1 fully saturated rings. The Kier molecular flexibility index (Phi) is 6.61. The second kappa shape index (κ2) is 8.28. The molecule has 1 N–H and O–H groups in total. The number of hydrogen-bond donors (Lipinski definition) is 1. The van der Waals surface area contributed by atoms with Crippen LogP contribution < -0.4 is 0 Å². The number of aliphatic carboxylic acids is 1. The van der Waals surface area contributed by atoms with Crippen molar-refractivity contribution >= 4 is 18.4 Å². The number of fused-ring (bicyclic) bond motifs is 1. The second-order valence-corrected chi connectivity index (χ2v) is 6.83. The quantitative estimate of drug-likeness (QED) is 0.900. The van der Waals surface area contributed by atoms with E-state index in [2.05, 4.69) is 4.90 Å². The summed E-state index contributed by atoms with van der Waals surface area (Å²) >= 11 is 0. The summed E-state index contributed by atoms with van der Waals surface area (Å²) < 4.78 is 13.6. The van der Waals surface area contributed by atoms with Gasteiger partial charge in [-0.1, -0.05) is 6.07 Å². The summed E-state index contributed by atoms with van der Waals surface area (Å²) in [5.74, 6) is -0.918. The number of hydrogen-bond acceptors (Lipinski definition) is 3. The van der Waals surface area contributed by atoms with Crippen LogP contribution in [0.15, 0.2) is 18.2 Å². The molecule has 0 aromatic heterocycles. The average molecular weight is 357 g/mol. The molecule has 1 unspecified atom stereocenters. The largest absolute Gasteiger partial charge is 0.480 e. The van der Waals surface area contributed by atoms with Gasteiger partial charge >= 0.3 is 5.97 Å². The van der Waals surface area contributed by atoms with Crippen LogP contribution in [0.25, 0.3) is 0 Å². The van der Waals surface area contributed by atoms with Crippen LogP contribution >= 0.6 is 12.4 Å². The summed E-state index contributed by atoms with van der Waals surface area (Å²) in [5, 5.41) is 8.92. The zero-order chi connectivity index (χ0) is 16.4. The highest BCUT2D eigenvalue weighted by Gasteiger charge is 2.31. The topological polar surface area (TPSA) is 43.8 Å². The first-order valence-corrected chi connectivity index (χ1v) is 8.49. The molecule has 1 aromatic carbocycles. The van der Waals surface area contributed by atoms with Crippen molar-refractivity contribution in [2.24, 2.45) is 0 Å². The number of likely N-dealkylation sites (N-methyl/N-ethyl adjacent to an activating group) is 1. The van der Waals surface area contributed by atoms with Crippen molar-refractivity contribution in [2.45, 2.75) is 44.2 Å². The van der Waals surface area contributed by atoms with Crippen LogP contribution in [0, 0.1) is 5.82 Å². The molecule has 0 amide bonds. The molecule has 1 atom stereocenters. The van der Waals surface area contributed by atoms with E-state index in [1.807, 2.05) is 18.0 Å². The zero-order valence-corrected chi connectivity index (χ0v) is 14.9. The average Bonchev–Trinajstić information content (AvgIpc) is 2.54. The minimum atomic E-state index is -0.772. The van der Waals surface area contributed by atoms with Gasteiger partial charge in [-0.05, 0) is 62.4 Å². The first-order chi connectivity index (χ1) is 11.0. The number of likely N-dealkylation sites (tertiary alicyclic amines) is 1. The number of aryl methyl sites for hydroxylation is 1. The number of carboxylic acid groups (broad SMARTS) is 1. The van der Waals surface area contributed by atoms with Gasteiger partial charge in [0.25, 0.3) is 0 Å². The highest BCUT2D eigenvalue weighted by molar-refractivity contribution is 5.85. The fraction of sp³-hybridized carbons (Fsp3) is 0.611. The maximum Gasteiger partial charge on any atom is 0.317 e. The number of benzene rings is 1. The van der Waals surface area contributed by atoms with Gasteiger partial charge in [-0.25, -0.2) is 4.39 Å². The molecule has 0 saturated carbocycles. The Labute approximate surface area is 149 Å². The van der Waals surface area contributed by atoms with Gasteiger partial charge in [0.2, 0.25) is 0 Å². The number of carboxylic acids is 1. The first-order valence-electron chi connectivity index (χ1n) is 8.49. The SMILES string of the molecule is CN(CC(=O)O)C1CCN(C2CCCc3ccc(F)cc32)CC1.Cl. The minimum absolute atomic E-state index is 0. The molecule has 1 aromatic rings. The molecule has 24 heavy (non-hydrogen) atoms. The predicted octanol–water partition coefficient (Wildman–Crippen LogP) is 3.11. The first kappa shape index (κ1) is 19.2. The Morgan fingerprint density at radius 2 is 2.04 bits per heavy atom. The van der Waals surface area contributed by atoms with Crippen molar-refractivity contribution in [1.29, 1.82) is 0 Å². The van der Waals surface area contributed by atoms with E-state index < -0.39 is 5.97 Å². The zero-order valence-electron chi connectivity index (χ0n) is 14.1. The molecule has 1 heterocycles. The van der Waals surface area contributed by atoms with Crippen LogP contribution in [0.5, 0.6) is 0 Å². The maximum atomic E-state index is 13.6. The number of carbonyl (C=O) groups is 1. The van der Waals surface area contributed by atoms with Crippen molar-refractivity contribution < 1.29 is 14.3 Å². The lowest BCUT2D eigenvalue weighted by molar-refractivity contribution is -0.138. The standard InChI is InChI=1S/C18H25FN2O2.ClH/c1-20(12-18(22)23)15-7-9-21(10-8-15)17-4-2-3-13-5-6-14(19)11-16(13)17;/h5-6,11,15,17H,2-4,7-10,12H2,1H3,(H,22,23);1H. The number of rotatable bonds is 4. The second-order valence-electron chi connectivity index (χ2n) is 6.83. The van der Waals surface area contributed by atoms with Crippen molar-refractivity contribution in [3.05, 3.63) is 35.1 Å². The predicted molar refractivity (Wildman–Crippen MR) is 94.2 cm³/mol. The Bertz CT molecular complexity index is 576. The summed E-state index contributed by atoms with van der Waals surface area (Å²) in [6.07, 6.45) is 5.24. The van der Waals surface area contributed by atoms with E-state index in [1.54, 1.807) is 12.1 Å². The Balaban J connectivity index is 0.00000208. The van der Waals surface area contributed by atoms with Gasteiger partial charge in [-0.15, -0.1) is 12.4 Å². The number of piperidine rings is 1. The molecule has 6 heteroatoms. The van der Waals surface area contributed by atoms with E-state index in [0.29, 0.717) is 12.1 Å². The van der Waals surface area contributed by atoms with Gasteiger partial charge in [-0.3, -0.25) is 14.6 Å². The Hall–Kier alpha value is -1.17. The fourth-order valence-electron chi connectivity index (χ4n) is 4.11. The van der Waals surface area contributed by atoms with Crippen molar-refractivity contribution in [3.8, 4) is 0 Å². The van der Waals surface area contributed by atoms with Crippen LogP contribution in [-0.4, -0.2) is 53.6 Å². The third kappa shape index (κ3) is 4.26. The van der Waals surface area contributed by atoms with E-state index in [1.165, 1.54) is 5.56 Å². The van der Waals surface area contributed by atoms with Gasteiger partial charge < -0.3 is 5.11 Å². The minimum Gasteiger partial charge on any atom is -0.480 e. The van der Waals surface area contributed by atoms with Crippen LogP contribution in [0.3, 0.4) is 0 Å². The third-order valence-electron chi connectivity index (χ3n) is 5.34. The fourth-order valence-corrected chi connectivity index (χ4v) is 4.11. The molecular weight excluding hydrogens is 331 g/mol. The third-order valence-corrected chi connectivity index (χ3v) is 5.34. The van der Waals surface area contributed by atoms with Crippen LogP contribution in [0.2, 0.25) is 0 Å². The van der Waals surface area contributed by atoms with Gasteiger partial charge in [0.05, 0.1) is 6.54 Å². The van der Waals surface area contributed by atoms with Gasteiger partial charge in [-0.2, -0.15) is 0 Å². The molecule has 0 bridgehead atoms. The van der Waals surface area contributed by atoms with E-state index in [-0.39, 0.29) is 24.8 Å². The lowest BCUT2D eigenvalue weighted by atomic mass is 9.85. The van der Waals surface area contributed by atoms with Crippen LogP contribution in [0.4, 0.5) is 4.39 Å². The monoisotopic (exact) mass is 356 g/mol. The molecule has 1 aliphatic heterocycles. The van der Waals surface area contributed by atoms with Crippen molar-refractivity contribution in [1.82, 2.24) is 9.80 Å². The highest BCUT2D eigenvalue weighted by Crippen LogP contribution is 2.36. The summed E-state index contributed by atoms with van der Waals surface area (Å²) in [4.78, 5) is 15.2. The molecule has 1 aliphatic carbocycles. The van der Waals surface area contributed by atoms with Gasteiger partial charge in [0, 0.05) is 25.2 Å². The number of nitrogens with zero attached hydrogens (tertiary/aromatic N) is 2. The summed E-state index contributed by atoms with van der Waals surface area (Å²) in [6.45, 7) is 2.01. The molecule has 1 saturated heterocycles. The summed E-state index contributed by atoms with van der Waals surface area (Å²) in [6, 6.07) is 5.86. The molecule has 0 spiro atoms. The summed E-state index contributed by atoms with van der Waals surface area (Å²) in [5.41, 5.74) is 2.45. The van der Waals surface area contributed by atoms with E-state index >= 15 is 0 Å². The Morgan fingerprint density at radius 3 is 2.71 bits per heavy atom. The number of halogens is 2. The van der Waals surface area contributed by atoms with Gasteiger partial charge in [0.15, 0.2) is 0 Å². The summed E-state index contributed by atoms with van der Waals surface area (Å²) in [7, 11) is 1.89. The van der Waals surface area contributed by atoms with E-state index in [9.17, 15) is 9.18 Å². The lowest BCUT2D eigenvalue weighted by Gasteiger charge is -2.42. The maximum absolute atomic E-state index is 13.6. The molecule has 4 nitrogen and oxygen atoms in total. The van der Waals surface area contributed by atoms with Crippen molar-refractivity contribution in [2.75, 3.05) is 26.7 Å².